The number of imidazole rings is 2. The Kier molecular flexibility index (Phi) is 12.3. The van der Waals surface area contributed by atoms with E-state index in [1.807, 2.05) is 49.4 Å². The van der Waals surface area contributed by atoms with Crippen molar-refractivity contribution < 1.29 is 37.8 Å². The maximum Gasteiger partial charge on any atom is 0.407 e. The molecule has 4 aromatic carbocycles. The molecule has 0 spiro atoms. The number of alkyl carbamates (subject to hydrolysis) is 2. The van der Waals surface area contributed by atoms with Crippen LogP contribution in [0.25, 0.3) is 54.8 Å². The Morgan fingerprint density at radius 2 is 1.64 bits per heavy atom. The molecule has 0 saturated carbocycles. The normalized spacial score (nSPS) is 19.2. The van der Waals surface area contributed by atoms with E-state index in [0.29, 0.717) is 89.2 Å². The zero-order valence-corrected chi connectivity index (χ0v) is 37.9. The van der Waals surface area contributed by atoms with Crippen molar-refractivity contribution in [2.24, 2.45) is 5.92 Å². The molecule has 4 N–H and O–H groups in total. The van der Waals surface area contributed by atoms with Gasteiger partial charge in [-0.05, 0) is 73.2 Å². The third kappa shape index (κ3) is 8.35. The fourth-order valence-electron chi connectivity index (χ4n) is 9.83. The standard InChI is InChI=1S/C50H52N8O9/c1-7-26(2)38-17-18-39(58(38)46(59)27(3)52-49(62)65-5)45-53-36-16-14-30-20-34-32-15-13-31(21-35(32)48(61)67-41(34)22-33(30)43(36)55-45)37-23-51-44(54-37)40-19-28(25-64-4)24-57(40)47(60)42(56-50(63)66-6)29-11-9-8-10-12-29/h8-16,20-23,27-28,38-40,42H,2,7,17-19,24-25H2,1,3-6H3,(H,51,54)(H,52,62)(H,53,55)(H,56,63)/t27-,28-,38+,39?,40?,42+/m0/s1. The summed E-state index contributed by atoms with van der Waals surface area (Å²) in [7, 11) is 4.13. The van der Waals surface area contributed by atoms with Crippen molar-refractivity contribution in [3.8, 4) is 11.3 Å². The first-order valence-electron chi connectivity index (χ1n) is 22.3. The lowest BCUT2D eigenvalue weighted by molar-refractivity contribution is -0.136. The van der Waals surface area contributed by atoms with Gasteiger partial charge in [-0.15, -0.1) is 0 Å². The van der Waals surface area contributed by atoms with Crippen LogP contribution >= 0.6 is 0 Å². The molecule has 2 aliphatic rings. The van der Waals surface area contributed by atoms with Gasteiger partial charge in [0.15, 0.2) is 0 Å². The van der Waals surface area contributed by atoms with Crippen LogP contribution in [-0.2, 0) is 23.8 Å². The minimum atomic E-state index is -0.991. The summed E-state index contributed by atoms with van der Waals surface area (Å²) in [5.41, 5.74) is 4.18. The van der Waals surface area contributed by atoms with E-state index >= 15 is 0 Å². The van der Waals surface area contributed by atoms with E-state index in [0.717, 1.165) is 27.2 Å². The van der Waals surface area contributed by atoms with E-state index in [1.165, 1.54) is 14.2 Å². The monoisotopic (exact) mass is 908 g/mol. The van der Waals surface area contributed by atoms with Crippen molar-refractivity contribution >= 4 is 67.5 Å². The molecule has 17 nitrogen and oxygen atoms in total. The van der Waals surface area contributed by atoms with Gasteiger partial charge in [-0.25, -0.2) is 24.4 Å². The summed E-state index contributed by atoms with van der Waals surface area (Å²) in [6, 6.07) is 19.4. The van der Waals surface area contributed by atoms with Crippen molar-refractivity contribution in [1.82, 2.24) is 40.4 Å². The topological polar surface area (TPSA) is 214 Å². The number of fused-ring (bicyclic) bond motifs is 6. The van der Waals surface area contributed by atoms with Gasteiger partial charge < -0.3 is 49.0 Å². The summed E-state index contributed by atoms with van der Waals surface area (Å²) in [5.74, 6) is 0.607. The molecular weight excluding hydrogens is 857 g/mol. The minimum absolute atomic E-state index is 0.0164. The van der Waals surface area contributed by atoms with E-state index < -0.39 is 42.0 Å². The van der Waals surface area contributed by atoms with E-state index in [-0.39, 0.29) is 23.8 Å². The Balaban J connectivity index is 1.02. The molecule has 67 heavy (non-hydrogen) atoms. The highest BCUT2D eigenvalue weighted by atomic mass is 16.5. The number of aromatic amines is 2. The smallest absolute Gasteiger partial charge is 0.407 e. The summed E-state index contributed by atoms with van der Waals surface area (Å²) < 4.78 is 21.2. The molecule has 3 aromatic heterocycles. The van der Waals surface area contributed by atoms with Crippen LogP contribution in [0.3, 0.4) is 0 Å². The van der Waals surface area contributed by atoms with Crippen molar-refractivity contribution in [3.05, 3.63) is 119 Å². The van der Waals surface area contributed by atoms with E-state index in [4.69, 9.17) is 28.6 Å². The van der Waals surface area contributed by atoms with Crippen molar-refractivity contribution in [3.63, 3.8) is 0 Å². The summed E-state index contributed by atoms with van der Waals surface area (Å²) in [4.78, 5) is 86.7. The largest absolute Gasteiger partial charge is 0.453 e. The number of ether oxygens (including phenoxy) is 3. The summed E-state index contributed by atoms with van der Waals surface area (Å²) >= 11 is 0. The summed E-state index contributed by atoms with van der Waals surface area (Å²) in [5, 5.41) is 8.83. The highest BCUT2D eigenvalue weighted by Crippen LogP contribution is 2.41. The molecular formula is C50H52N8O9. The van der Waals surface area contributed by atoms with Gasteiger partial charge in [0.25, 0.3) is 5.91 Å². The fourth-order valence-corrected chi connectivity index (χ4v) is 9.83. The van der Waals surface area contributed by atoms with E-state index in [1.54, 1.807) is 60.4 Å². The number of hydrogen-bond acceptors (Lipinski definition) is 11. The van der Waals surface area contributed by atoms with Gasteiger partial charge >= 0.3 is 17.8 Å². The first-order chi connectivity index (χ1) is 32.4. The van der Waals surface area contributed by atoms with Crippen LogP contribution in [0.5, 0.6) is 0 Å². The molecule has 2 saturated heterocycles. The number of amides is 4. The number of carbonyl (C=O) groups excluding carboxylic acids is 4. The molecule has 0 aliphatic carbocycles. The predicted octanol–water partition coefficient (Wildman–Crippen LogP) is 7.74. The van der Waals surface area contributed by atoms with Gasteiger partial charge in [-0.3, -0.25) is 9.59 Å². The SMILES string of the molecule is C=C(CC)[C@H]1CCC(c2nc3ccc4cc5c(cc4c3[nH]2)oc(=O)c2cc(-c3cnc(C4C[C@H](COC)CN4C(=O)[C@H](NC(=O)OC)c4ccccc4)[nH]3)ccc25)N1C(=O)[C@H](C)NC(=O)OC. The highest BCUT2D eigenvalue weighted by Gasteiger charge is 2.43. The number of nitrogens with zero attached hydrogens (tertiary/aromatic N) is 4. The van der Waals surface area contributed by atoms with Crippen LogP contribution in [0.2, 0.25) is 0 Å². The molecule has 6 atom stereocenters. The number of aromatic nitrogens is 4. The number of likely N-dealkylation sites (tertiary alicyclic amines) is 2. The molecule has 17 heteroatoms. The van der Waals surface area contributed by atoms with Crippen LogP contribution in [-0.4, -0.2) is 100 Å². The first kappa shape index (κ1) is 44.7. The molecule has 9 rings (SSSR count). The van der Waals surface area contributed by atoms with Crippen LogP contribution in [0, 0.1) is 5.92 Å². The van der Waals surface area contributed by atoms with Crippen molar-refractivity contribution in [2.45, 2.75) is 69.7 Å². The number of methoxy groups -OCH3 is 3. The van der Waals surface area contributed by atoms with Crippen LogP contribution < -0.4 is 16.3 Å². The second-order valence-electron chi connectivity index (χ2n) is 17.3. The molecule has 0 bridgehead atoms. The number of rotatable bonds is 12. The average molecular weight is 909 g/mol. The maximum atomic E-state index is 14.3. The Hall–Kier alpha value is -7.53. The number of benzene rings is 4. The third-order valence-corrected chi connectivity index (χ3v) is 13.2. The molecule has 7 aromatic rings. The fraction of sp³-hybridized carbons (Fsp3) is 0.340. The maximum absolute atomic E-state index is 14.3. The highest BCUT2D eigenvalue weighted by molar-refractivity contribution is 6.14. The lowest BCUT2D eigenvalue weighted by Crippen LogP contribution is -2.49. The van der Waals surface area contributed by atoms with E-state index in [2.05, 4.69) is 27.2 Å². The van der Waals surface area contributed by atoms with Gasteiger partial charge in [0.2, 0.25) is 5.91 Å². The second kappa shape index (κ2) is 18.4. The van der Waals surface area contributed by atoms with Crippen LogP contribution in [0.15, 0.2) is 100 Å². The summed E-state index contributed by atoms with van der Waals surface area (Å²) in [6.45, 7) is 8.72. The van der Waals surface area contributed by atoms with Gasteiger partial charge in [0.1, 0.15) is 29.3 Å². The van der Waals surface area contributed by atoms with E-state index in [9.17, 15) is 24.0 Å². The van der Waals surface area contributed by atoms with Crippen molar-refractivity contribution in [2.75, 3.05) is 34.5 Å². The Labute approximate surface area is 384 Å². The molecule has 2 fully saturated rings. The Bertz CT molecular complexity index is 3120. The van der Waals surface area contributed by atoms with Gasteiger partial charge in [-0.2, -0.15) is 0 Å². The molecule has 2 unspecified atom stereocenters. The minimum Gasteiger partial charge on any atom is -0.453 e. The Morgan fingerprint density at radius 1 is 0.866 bits per heavy atom. The Morgan fingerprint density at radius 3 is 2.39 bits per heavy atom. The molecule has 4 amide bonds. The van der Waals surface area contributed by atoms with Gasteiger partial charge in [-0.1, -0.05) is 67.6 Å². The molecule has 0 radical (unpaired) electrons. The zero-order valence-electron chi connectivity index (χ0n) is 37.9. The number of hydrogen-bond donors (Lipinski definition) is 4. The van der Waals surface area contributed by atoms with Gasteiger partial charge in [0, 0.05) is 35.9 Å². The zero-order chi connectivity index (χ0) is 47.1. The number of carbonyl (C=O) groups is 4. The quantitative estimate of drug-likeness (QED) is 0.0403. The summed E-state index contributed by atoms with van der Waals surface area (Å²) in [6.07, 6.45) is 2.87. The molecule has 2 aliphatic heterocycles. The third-order valence-electron chi connectivity index (χ3n) is 13.2. The van der Waals surface area contributed by atoms with Crippen LogP contribution in [0.4, 0.5) is 9.59 Å². The van der Waals surface area contributed by atoms with Crippen molar-refractivity contribution in [1.29, 1.82) is 0 Å². The lowest BCUT2D eigenvalue weighted by atomic mass is 10.0. The lowest BCUT2D eigenvalue weighted by Gasteiger charge is -2.32. The van der Waals surface area contributed by atoms with Gasteiger partial charge in [0.05, 0.1) is 67.3 Å². The first-order valence-corrected chi connectivity index (χ1v) is 22.3. The van der Waals surface area contributed by atoms with Crippen LogP contribution in [0.1, 0.15) is 74.9 Å². The molecule has 5 heterocycles. The predicted molar refractivity (Wildman–Crippen MR) is 251 cm³/mol. The number of H-pyrrole nitrogens is 2. The second-order valence-corrected chi connectivity index (χ2v) is 17.3. The number of nitrogens with one attached hydrogen (secondary N) is 4. The average Bonchev–Trinajstić information content (AvgIpc) is 4.18. The molecule has 346 valence electrons.